The second-order valence-electron chi connectivity index (χ2n) is 10.1. The topological polar surface area (TPSA) is 106 Å². The molecule has 216 valence electrons. The molecule has 2 heterocycles. The van der Waals surface area contributed by atoms with Gasteiger partial charge in [0.25, 0.3) is 11.8 Å². The molecule has 3 aromatic rings. The minimum absolute atomic E-state index is 0.0153. The minimum atomic E-state index is -0.671. The van der Waals surface area contributed by atoms with Crippen LogP contribution in [-0.2, 0) is 37.0 Å². The number of fused-ring (bicyclic) bond motifs is 1. The molecule has 2 fully saturated rings. The molecule has 0 saturated carbocycles. The second kappa shape index (κ2) is 13.3. The van der Waals surface area contributed by atoms with E-state index in [1.165, 1.54) is 14.0 Å². The van der Waals surface area contributed by atoms with Gasteiger partial charge in [0.1, 0.15) is 29.9 Å². The molecule has 0 bridgehead atoms. The van der Waals surface area contributed by atoms with Crippen LogP contribution < -0.4 is 10.6 Å². The van der Waals surface area contributed by atoms with E-state index in [-0.39, 0.29) is 24.0 Å². The number of rotatable bonds is 12. The number of ether oxygens (including phenoxy) is 3. The summed E-state index contributed by atoms with van der Waals surface area (Å²) in [5, 5.41) is 5.42. The van der Waals surface area contributed by atoms with Crippen molar-refractivity contribution in [3.05, 3.63) is 131 Å². The number of benzene rings is 3. The first-order valence-corrected chi connectivity index (χ1v) is 13.7. The second-order valence-corrected chi connectivity index (χ2v) is 10.1. The van der Waals surface area contributed by atoms with E-state index in [9.17, 15) is 14.4 Å². The Hall–Kier alpha value is -4.73. The zero-order chi connectivity index (χ0) is 29.5. The summed E-state index contributed by atoms with van der Waals surface area (Å²) in [6.07, 6.45) is 0.0878. The molecule has 2 aliphatic rings. The lowest BCUT2D eigenvalue weighted by Gasteiger charge is -2.25. The smallest absolute Gasteiger partial charge is 0.274 e. The van der Waals surface area contributed by atoms with Crippen molar-refractivity contribution in [1.29, 1.82) is 0 Å². The van der Waals surface area contributed by atoms with Crippen molar-refractivity contribution >= 4 is 17.6 Å². The molecule has 9 heteroatoms. The third kappa shape index (κ3) is 6.76. The van der Waals surface area contributed by atoms with Crippen molar-refractivity contribution in [2.75, 3.05) is 13.7 Å². The van der Waals surface area contributed by atoms with Crippen molar-refractivity contribution in [1.82, 2.24) is 15.5 Å². The molecule has 9 nitrogen and oxygen atoms in total. The highest BCUT2D eigenvalue weighted by Crippen LogP contribution is 2.44. The number of nitrogens with zero attached hydrogens (tertiary/aromatic N) is 1. The summed E-state index contributed by atoms with van der Waals surface area (Å²) in [4.78, 5) is 41.3. The van der Waals surface area contributed by atoms with Gasteiger partial charge in [0.05, 0.1) is 32.1 Å². The van der Waals surface area contributed by atoms with Crippen molar-refractivity contribution in [3.63, 3.8) is 0 Å². The normalized spacial score (nSPS) is 20.4. The van der Waals surface area contributed by atoms with Crippen molar-refractivity contribution in [2.24, 2.45) is 0 Å². The highest BCUT2D eigenvalue weighted by molar-refractivity contribution is 6.06. The number of nitrogens with one attached hydrogen (secondary N) is 2. The van der Waals surface area contributed by atoms with Crippen LogP contribution in [0.3, 0.4) is 0 Å². The Morgan fingerprint density at radius 1 is 0.833 bits per heavy atom. The molecular formula is C33H33N3O6. The Balaban J connectivity index is 1.51. The van der Waals surface area contributed by atoms with Crippen LogP contribution in [0.15, 0.2) is 114 Å². The zero-order valence-electron chi connectivity index (χ0n) is 23.5. The number of piperidine rings is 1. The number of Topliss-reactive ketones (excluding diaryl/α,β-unsaturated/α-hetero) is 1. The third-order valence-corrected chi connectivity index (χ3v) is 7.09. The molecule has 0 unspecified atom stereocenters. The summed E-state index contributed by atoms with van der Waals surface area (Å²) >= 11 is 0. The number of hydrogen-bond acceptors (Lipinski definition) is 7. The van der Waals surface area contributed by atoms with E-state index >= 15 is 0 Å². The van der Waals surface area contributed by atoms with E-state index < -0.39 is 29.8 Å². The molecule has 5 rings (SSSR count). The number of ketones is 1. The van der Waals surface area contributed by atoms with Gasteiger partial charge in [-0.3, -0.25) is 14.4 Å². The third-order valence-electron chi connectivity index (χ3n) is 7.09. The number of carbonyl (C=O) groups is 3. The predicted octanol–water partition coefficient (Wildman–Crippen LogP) is 3.69. The molecule has 42 heavy (non-hydrogen) atoms. The molecular weight excluding hydrogens is 534 g/mol. The molecule has 2 saturated heterocycles. The molecule has 2 amide bonds. The Labute approximate surface area is 244 Å². The summed E-state index contributed by atoms with van der Waals surface area (Å²) in [5.41, 5.74) is 2.77. The van der Waals surface area contributed by atoms with Gasteiger partial charge in [-0.25, -0.2) is 0 Å². The van der Waals surface area contributed by atoms with Gasteiger partial charge in [-0.2, -0.15) is 0 Å². The van der Waals surface area contributed by atoms with E-state index in [1.54, 1.807) is 30.3 Å². The number of methoxy groups -OCH3 is 1. The Bertz CT molecular complexity index is 1470. The summed E-state index contributed by atoms with van der Waals surface area (Å²) in [6, 6.07) is 28.1. The fraction of sp³-hybridized carbons (Fsp3) is 0.242. The van der Waals surface area contributed by atoms with Gasteiger partial charge in [-0.15, -0.1) is 0 Å². The Kier molecular flexibility index (Phi) is 9.11. The van der Waals surface area contributed by atoms with Gasteiger partial charge in [0.15, 0.2) is 5.78 Å². The van der Waals surface area contributed by atoms with Crippen LogP contribution in [0.25, 0.3) is 0 Å². The maximum absolute atomic E-state index is 13.8. The van der Waals surface area contributed by atoms with Gasteiger partial charge in [-0.05, 0) is 23.3 Å². The standard InChI is InChI=1S/C33H33N3O6/c1-22(37)26(21-40-2)34-33(39)28(35-32(38)25-16-10-5-11-17-25)29-31(42-20-24-14-8-4-9-15-24)30(27-18-36(27)29)41-19-23-12-6-3-7-13-23/h3-17,21,27,30-31H,18-20H2,1-2H3,(H,34,39)(H,35,38)/b26-21+,29-28+/t27-,30+,31+,36?/m0/s1. The molecule has 3 atom stereocenters. The van der Waals surface area contributed by atoms with Gasteiger partial charge >= 0.3 is 0 Å². The number of allylic oxidation sites excluding steroid dienone is 1. The lowest BCUT2D eigenvalue weighted by atomic mass is 10.1. The van der Waals surface area contributed by atoms with Crippen molar-refractivity contribution in [3.8, 4) is 0 Å². The molecule has 0 aliphatic carbocycles. The van der Waals surface area contributed by atoms with Crippen LogP contribution in [0.4, 0.5) is 0 Å². The van der Waals surface area contributed by atoms with E-state index in [2.05, 4.69) is 10.6 Å². The van der Waals surface area contributed by atoms with Crippen molar-refractivity contribution < 1.29 is 28.6 Å². The van der Waals surface area contributed by atoms with E-state index in [4.69, 9.17) is 14.2 Å². The molecule has 0 radical (unpaired) electrons. The monoisotopic (exact) mass is 567 g/mol. The average Bonchev–Trinajstić information content (AvgIpc) is 3.74. The van der Waals surface area contributed by atoms with Gasteiger partial charge in [0, 0.05) is 19.0 Å². The highest BCUT2D eigenvalue weighted by Gasteiger charge is 2.58. The Morgan fingerprint density at radius 3 is 1.98 bits per heavy atom. The SMILES string of the molecule is CO/C=C(/NC(=O)/C(NC(=O)c1ccccc1)=C1/[C@@H](OCc2ccccc2)[C@H](OCc2ccccc2)[C@@H]2CN12)C(C)=O. The maximum atomic E-state index is 13.8. The molecule has 0 aromatic heterocycles. The average molecular weight is 568 g/mol. The number of carbonyl (C=O) groups excluding carboxylic acids is 3. The van der Waals surface area contributed by atoms with Crippen LogP contribution in [0.1, 0.15) is 28.4 Å². The van der Waals surface area contributed by atoms with Gasteiger partial charge < -0.3 is 29.7 Å². The number of hydrogen-bond donors (Lipinski definition) is 2. The van der Waals surface area contributed by atoms with Gasteiger partial charge in [-0.1, -0.05) is 78.9 Å². The number of amides is 2. The predicted molar refractivity (Wildman–Crippen MR) is 155 cm³/mol. The largest absolute Gasteiger partial charge is 0.502 e. The Morgan fingerprint density at radius 2 is 1.40 bits per heavy atom. The fourth-order valence-electron chi connectivity index (χ4n) is 4.93. The molecule has 2 N–H and O–H groups in total. The van der Waals surface area contributed by atoms with Crippen LogP contribution in [0.2, 0.25) is 0 Å². The first-order chi connectivity index (χ1) is 20.5. The van der Waals surface area contributed by atoms with E-state index in [0.29, 0.717) is 24.4 Å². The summed E-state index contributed by atoms with van der Waals surface area (Å²) < 4.78 is 17.9. The first-order valence-electron chi connectivity index (χ1n) is 13.7. The van der Waals surface area contributed by atoms with Crippen LogP contribution in [0, 0.1) is 0 Å². The summed E-state index contributed by atoms with van der Waals surface area (Å²) in [7, 11) is 1.38. The van der Waals surface area contributed by atoms with Crippen molar-refractivity contribution in [2.45, 2.75) is 38.4 Å². The summed E-state index contributed by atoms with van der Waals surface area (Å²) in [5.74, 6) is -1.54. The zero-order valence-corrected chi connectivity index (χ0v) is 23.5. The van der Waals surface area contributed by atoms with Crippen LogP contribution in [0.5, 0.6) is 0 Å². The van der Waals surface area contributed by atoms with E-state index in [0.717, 1.165) is 17.4 Å². The molecule has 0 spiro atoms. The van der Waals surface area contributed by atoms with E-state index in [1.807, 2.05) is 65.6 Å². The summed E-state index contributed by atoms with van der Waals surface area (Å²) in [6.45, 7) is 2.57. The van der Waals surface area contributed by atoms with Gasteiger partial charge in [0.2, 0.25) is 0 Å². The highest BCUT2D eigenvalue weighted by atomic mass is 16.5. The lowest BCUT2D eigenvalue weighted by molar-refractivity contribution is -0.120. The lowest BCUT2D eigenvalue weighted by Crippen LogP contribution is -2.41. The quantitative estimate of drug-likeness (QED) is 0.195. The first kappa shape index (κ1) is 28.8. The van der Waals surface area contributed by atoms with Crippen LogP contribution in [-0.4, -0.2) is 54.4 Å². The molecule has 3 aromatic carbocycles. The maximum Gasteiger partial charge on any atom is 0.274 e. The fourth-order valence-corrected chi connectivity index (χ4v) is 4.93. The minimum Gasteiger partial charge on any atom is -0.502 e. The van der Waals surface area contributed by atoms with Crippen LogP contribution >= 0.6 is 0 Å². The molecule has 2 aliphatic heterocycles.